The summed E-state index contributed by atoms with van der Waals surface area (Å²) in [5, 5.41) is 17.4. The van der Waals surface area contributed by atoms with Gasteiger partial charge in [-0.2, -0.15) is 0 Å². The Hall–Kier alpha value is -2.83. The van der Waals surface area contributed by atoms with E-state index in [1.54, 1.807) is 30.5 Å². The van der Waals surface area contributed by atoms with Crippen molar-refractivity contribution >= 4 is 57.4 Å². The van der Waals surface area contributed by atoms with Crippen molar-refractivity contribution in [3.05, 3.63) is 63.8 Å². The number of rotatable bonds is 4. The molecule has 2 heterocycles. The number of pyridine rings is 1. The van der Waals surface area contributed by atoms with Gasteiger partial charge in [0, 0.05) is 40.5 Å². The molecule has 8 heteroatoms. The second-order valence-corrected chi connectivity index (χ2v) is 7.78. The Morgan fingerprint density at radius 1 is 1.17 bits per heavy atom. The van der Waals surface area contributed by atoms with E-state index in [0.29, 0.717) is 35.1 Å². The van der Waals surface area contributed by atoms with Crippen LogP contribution in [0.5, 0.6) is 0 Å². The minimum atomic E-state index is -1.09. The molecule has 0 bridgehead atoms. The van der Waals surface area contributed by atoms with Crippen LogP contribution in [0.1, 0.15) is 34.7 Å². The minimum absolute atomic E-state index is 0.0263. The van der Waals surface area contributed by atoms with Crippen LogP contribution in [0.15, 0.2) is 42.6 Å². The maximum atomic E-state index is 11.7. The van der Waals surface area contributed by atoms with Crippen molar-refractivity contribution in [2.75, 3.05) is 11.9 Å². The van der Waals surface area contributed by atoms with Gasteiger partial charge in [0.15, 0.2) is 0 Å². The van der Waals surface area contributed by atoms with E-state index in [-0.39, 0.29) is 17.4 Å². The van der Waals surface area contributed by atoms with Gasteiger partial charge >= 0.3 is 5.97 Å². The van der Waals surface area contributed by atoms with Gasteiger partial charge in [-0.3, -0.25) is 9.78 Å². The Morgan fingerprint density at radius 3 is 2.66 bits per heavy atom. The number of carboxylic acids is 1. The number of aromatic carboxylic acids is 1. The summed E-state index contributed by atoms with van der Waals surface area (Å²) in [6.07, 6.45) is 2.89. The fourth-order valence-corrected chi connectivity index (χ4v) is 3.91. The SMILES string of the molecule is O=C1CCC(c2cnc3ccc(Cl)cc3c2Nc2ccc(Cl)cc2C(=O)O)CN1. The molecule has 1 amide bonds. The van der Waals surface area contributed by atoms with Crippen LogP contribution < -0.4 is 10.6 Å². The number of hydrogen-bond donors (Lipinski definition) is 3. The van der Waals surface area contributed by atoms with Crippen molar-refractivity contribution in [3.63, 3.8) is 0 Å². The number of carbonyl (C=O) groups is 2. The maximum absolute atomic E-state index is 11.7. The summed E-state index contributed by atoms with van der Waals surface area (Å²) in [5.41, 5.74) is 2.82. The first-order valence-electron chi connectivity index (χ1n) is 9.07. The van der Waals surface area contributed by atoms with Crippen molar-refractivity contribution in [1.29, 1.82) is 0 Å². The first-order chi connectivity index (χ1) is 13.9. The molecule has 3 aromatic rings. The van der Waals surface area contributed by atoms with E-state index < -0.39 is 5.97 Å². The van der Waals surface area contributed by atoms with Gasteiger partial charge in [0.1, 0.15) is 0 Å². The summed E-state index contributed by atoms with van der Waals surface area (Å²) in [6, 6.07) is 10.0. The average molecular weight is 430 g/mol. The Labute approximate surface area is 176 Å². The highest BCUT2D eigenvalue weighted by molar-refractivity contribution is 6.31. The lowest BCUT2D eigenvalue weighted by Gasteiger charge is -2.26. The molecule has 1 fully saturated rings. The fraction of sp³-hybridized carbons (Fsp3) is 0.190. The van der Waals surface area contributed by atoms with Crippen LogP contribution in [-0.2, 0) is 4.79 Å². The lowest BCUT2D eigenvalue weighted by Crippen LogP contribution is -2.34. The molecule has 0 aliphatic carbocycles. The van der Waals surface area contributed by atoms with Gasteiger partial charge in [-0.15, -0.1) is 0 Å². The van der Waals surface area contributed by atoms with Crippen LogP contribution in [-0.4, -0.2) is 28.5 Å². The van der Waals surface area contributed by atoms with Gasteiger partial charge in [-0.1, -0.05) is 23.2 Å². The molecule has 1 saturated heterocycles. The molecule has 0 spiro atoms. The third kappa shape index (κ3) is 3.99. The Morgan fingerprint density at radius 2 is 1.93 bits per heavy atom. The Bertz CT molecular complexity index is 1120. The number of piperidine rings is 1. The molecule has 1 atom stereocenters. The van der Waals surface area contributed by atoms with Gasteiger partial charge < -0.3 is 15.7 Å². The van der Waals surface area contributed by atoms with E-state index >= 15 is 0 Å². The molecule has 0 radical (unpaired) electrons. The van der Waals surface area contributed by atoms with Crippen molar-refractivity contribution < 1.29 is 14.7 Å². The number of hydrogen-bond acceptors (Lipinski definition) is 4. The lowest BCUT2D eigenvalue weighted by molar-refractivity contribution is -0.122. The zero-order valence-corrected chi connectivity index (χ0v) is 16.7. The highest BCUT2D eigenvalue weighted by Gasteiger charge is 2.24. The quantitative estimate of drug-likeness (QED) is 0.543. The summed E-state index contributed by atoms with van der Waals surface area (Å²) in [6.45, 7) is 0.494. The number of halogens is 2. The van der Waals surface area contributed by atoms with Crippen LogP contribution >= 0.6 is 23.2 Å². The van der Waals surface area contributed by atoms with Crippen LogP contribution in [0.4, 0.5) is 11.4 Å². The van der Waals surface area contributed by atoms with Gasteiger partial charge in [-0.05, 0) is 48.4 Å². The predicted molar refractivity (Wildman–Crippen MR) is 113 cm³/mol. The third-order valence-electron chi connectivity index (χ3n) is 5.04. The first-order valence-corrected chi connectivity index (χ1v) is 9.82. The zero-order chi connectivity index (χ0) is 20.5. The summed E-state index contributed by atoms with van der Waals surface area (Å²) < 4.78 is 0. The van der Waals surface area contributed by atoms with Crippen molar-refractivity contribution in [1.82, 2.24) is 10.3 Å². The highest BCUT2D eigenvalue weighted by Crippen LogP contribution is 2.38. The lowest BCUT2D eigenvalue weighted by atomic mass is 9.90. The molecule has 3 N–H and O–H groups in total. The molecule has 148 valence electrons. The number of carboxylic acid groups (broad SMARTS) is 1. The van der Waals surface area contributed by atoms with E-state index in [2.05, 4.69) is 15.6 Å². The highest BCUT2D eigenvalue weighted by atomic mass is 35.5. The number of benzene rings is 2. The predicted octanol–water partition coefficient (Wildman–Crippen LogP) is 4.98. The number of carbonyl (C=O) groups excluding carboxylic acids is 1. The van der Waals surface area contributed by atoms with Crippen LogP contribution in [0.2, 0.25) is 10.0 Å². The van der Waals surface area contributed by atoms with Gasteiger partial charge in [0.05, 0.1) is 22.5 Å². The number of anilines is 2. The van der Waals surface area contributed by atoms with Crippen LogP contribution in [0.3, 0.4) is 0 Å². The monoisotopic (exact) mass is 429 g/mol. The van der Waals surface area contributed by atoms with Gasteiger partial charge in [0.2, 0.25) is 5.91 Å². The van der Waals surface area contributed by atoms with Crippen LogP contribution in [0.25, 0.3) is 10.9 Å². The zero-order valence-electron chi connectivity index (χ0n) is 15.2. The molecule has 1 aromatic heterocycles. The minimum Gasteiger partial charge on any atom is -0.478 e. The molecule has 0 saturated carbocycles. The summed E-state index contributed by atoms with van der Waals surface area (Å²) in [5.74, 6) is -1.01. The second-order valence-electron chi connectivity index (χ2n) is 6.91. The number of fused-ring (bicyclic) bond motifs is 1. The molecule has 4 rings (SSSR count). The van der Waals surface area contributed by atoms with Crippen molar-refractivity contribution in [2.45, 2.75) is 18.8 Å². The standard InChI is InChI=1S/C21H17Cl2N3O3/c22-12-2-4-17-14(7-12)20(16(10-24-17)11-1-6-19(27)25-9-11)26-18-5-3-13(23)8-15(18)21(28)29/h2-5,7-8,10-11H,1,6,9H2,(H,24,26)(H,25,27)(H,28,29). The normalized spacial score (nSPS) is 16.5. The average Bonchev–Trinajstić information content (AvgIpc) is 2.70. The number of amides is 1. The molecule has 29 heavy (non-hydrogen) atoms. The molecule has 1 unspecified atom stereocenters. The van der Waals surface area contributed by atoms with E-state index in [0.717, 1.165) is 22.2 Å². The molecule has 1 aliphatic heterocycles. The summed E-state index contributed by atoms with van der Waals surface area (Å²) >= 11 is 12.2. The molecular formula is C21H17Cl2N3O3. The van der Waals surface area contributed by atoms with E-state index in [1.807, 2.05) is 6.07 Å². The largest absolute Gasteiger partial charge is 0.478 e. The maximum Gasteiger partial charge on any atom is 0.337 e. The van der Waals surface area contributed by atoms with Crippen LogP contribution in [0, 0.1) is 0 Å². The number of nitrogens with one attached hydrogen (secondary N) is 2. The molecule has 2 aromatic carbocycles. The summed E-state index contributed by atoms with van der Waals surface area (Å²) in [4.78, 5) is 27.9. The van der Waals surface area contributed by atoms with Crippen molar-refractivity contribution in [3.8, 4) is 0 Å². The molecular weight excluding hydrogens is 413 g/mol. The van der Waals surface area contributed by atoms with E-state index in [1.165, 1.54) is 6.07 Å². The van der Waals surface area contributed by atoms with Gasteiger partial charge in [0.25, 0.3) is 0 Å². The first kappa shape index (κ1) is 19.5. The third-order valence-corrected chi connectivity index (χ3v) is 5.51. The number of aromatic nitrogens is 1. The molecule has 1 aliphatic rings. The van der Waals surface area contributed by atoms with Gasteiger partial charge in [-0.25, -0.2) is 4.79 Å². The van der Waals surface area contributed by atoms with E-state index in [9.17, 15) is 14.7 Å². The molecule has 6 nitrogen and oxygen atoms in total. The van der Waals surface area contributed by atoms with E-state index in [4.69, 9.17) is 23.2 Å². The second kappa shape index (κ2) is 7.89. The number of nitrogens with zero attached hydrogens (tertiary/aromatic N) is 1. The van der Waals surface area contributed by atoms with Crippen molar-refractivity contribution in [2.24, 2.45) is 0 Å². The topological polar surface area (TPSA) is 91.3 Å². The smallest absolute Gasteiger partial charge is 0.337 e. The Balaban J connectivity index is 1.87. The fourth-order valence-electron chi connectivity index (χ4n) is 3.56. The Kier molecular flexibility index (Phi) is 5.30. The summed E-state index contributed by atoms with van der Waals surface area (Å²) in [7, 11) is 0.